The summed E-state index contributed by atoms with van der Waals surface area (Å²) >= 11 is 0. The number of furan rings is 2. The molecule has 2 heterocycles. The molecular formula is C60H40N2O2. The normalized spacial score (nSPS) is 11.4. The Balaban J connectivity index is 1.06. The van der Waals surface area contributed by atoms with Crippen molar-refractivity contribution in [2.75, 3.05) is 9.80 Å². The van der Waals surface area contributed by atoms with Gasteiger partial charge in [-0.15, -0.1) is 0 Å². The van der Waals surface area contributed by atoms with Gasteiger partial charge in [-0.25, -0.2) is 0 Å². The van der Waals surface area contributed by atoms with Gasteiger partial charge in [0.2, 0.25) is 0 Å². The zero-order valence-electron chi connectivity index (χ0n) is 34.8. The predicted molar refractivity (Wildman–Crippen MR) is 267 cm³/mol. The lowest BCUT2D eigenvalue weighted by Crippen LogP contribution is -2.12. The van der Waals surface area contributed by atoms with Gasteiger partial charge in [0.1, 0.15) is 22.3 Å². The smallest absolute Gasteiger partial charge is 0.137 e. The molecule has 0 N–H and O–H groups in total. The van der Waals surface area contributed by atoms with E-state index in [0.29, 0.717) is 0 Å². The molecule has 0 fully saturated rings. The highest BCUT2D eigenvalue weighted by molar-refractivity contribution is 6.15. The molecule has 4 nitrogen and oxygen atoms in total. The van der Waals surface area contributed by atoms with Crippen molar-refractivity contribution in [3.05, 3.63) is 243 Å². The third-order valence-corrected chi connectivity index (χ3v) is 12.2. The van der Waals surface area contributed by atoms with Crippen molar-refractivity contribution in [2.24, 2.45) is 0 Å². The number of anilines is 6. The van der Waals surface area contributed by atoms with E-state index in [2.05, 4.69) is 228 Å². The summed E-state index contributed by atoms with van der Waals surface area (Å²) in [6, 6.07) is 85.8. The van der Waals surface area contributed by atoms with Crippen LogP contribution in [0.5, 0.6) is 0 Å². The van der Waals surface area contributed by atoms with Crippen molar-refractivity contribution in [3.63, 3.8) is 0 Å². The van der Waals surface area contributed by atoms with Gasteiger partial charge in [0.05, 0.1) is 33.5 Å². The van der Waals surface area contributed by atoms with Crippen molar-refractivity contribution < 1.29 is 8.83 Å². The third-order valence-electron chi connectivity index (χ3n) is 12.2. The second-order valence-electron chi connectivity index (χ2n) is 16.0. The molecule has 12 aromatic rings. The van der Waals surface area contributed by atoms with Crippen LogP contribution in [0.15, 0.2) is 251 Å². The number of hydrogen-bond acceptors (Lipinski definition) is 4. The molecular weight excluding hydrogens is 781 g/mol. The second-order valence-corrected chi connectivity index (χ2v) is 16.0. The number of hydrogen-bond donors (Lipinski definition) is 0. The van der Waals surface area contributed by atoms with Crippen LogP contribution in [0.3, 0.4) is 0 Å². The highest BCUT2D eigenvalue weighted by atomic mass is 16.3. The van der Waals surface area contributed by atoms with E-state index in [-0.39, 0.29) is 0 Å². The van der Waals surface area contributed by atoms with Crippen molar-refractivity contribution >= 4 is 78.0 Å². The monoisotopic (exact) mass is 820 g/mol. The molecule has 12 rings (SSSR count). The number of rotatable bonds is 9. The first kappa shape index (κ1) is 37.2. The minimum Gasteiger partial charge on any atom is -0.456 e. The summed E-state index contributed by atoms with van der Waals surface area (Å²) < 4.78 is 13.0. The summed E-state index contributed by atoms with van der Waals surface area (Å²) in [5.41, 5.74) is 16.5. The van der Waals surface area contributed by atoms with Crippen LogP contribution in [0.2, 0.25) is 0 Å². The number of nitrogens with zero attached hydrogens (tertiary/aromatic N) is 2. The number of para-hydroxylation sites is 4. The SMILES string of the molecule is c1ccc(-c2ccccc2N(c2cccc(-c3cccc(N(c4ccccc4-c4ccccc4)c4cccc5oc6ccccc6c45)c3)c2)c2cccc3oc4ccccc4c23)cc1. The molecule has 0 aliphatic carbocycles. The van der Waals surface area contributed by atoms with Crippen molar-refractivity contribution in [2.45, 2.75) is 0 Å². The summed E-state index contributed by atoms with van der Waals surface area (Å²) in [5, 5.41) is 4.30. The number of fused-ring (bicyclic) bond motifs is 6. The van der Waals surface area contributed by atoms with Gasteiger partial charge in [0.25, 0.3) is 0 Å². The van der Waals surface area contributed by atoms with Gasteiger partial charge in [0.15, 0.2) is 0 Å². The Morgan fingerprint density at radius 2 is 0.594 bits per heavy atom. The van der Waals surface area contributed by atoms with Crippen LogP contribution < -0.4 is 9.80 Å². The molecule has 0 saturated heterocycles. The van der Waals surface area contributed by atoms with Crippen LogP contribution in [0.4, 0.5) is 34.1 Å². The van der Waals surface area contributed by atoms with Crippen LogP contribution in [-0.2, 0) is 0 Å². The summed E-state index contributed by atoms with van der Waals surface area (Å²) in [7, 11) is 0. The molecule has 0 aliphatic heterocycles. The van der Waals surface area contributed by atoms with Gasteiger partial charge >= 0.3 is 0 Å². The number of benzene rings is 10. The first-order valence-corrected chi connectivity index (χ1v) is 21.7. The Kier molecular flexibility index (Phi) is 9.12. The zero-order chi connectivity index (χ0) is 42.4. The standard InChI is InChI=1S/C60H40N2O2/c1-3-19-41(20-4-1)47-27-7-11-31-51(47)61(53-33-17-37-57-59(53)49-29-9-13-35-55(49)63-57)45-25-15-23-43(39-45)44-24-16-26-46(40-44)62(52-32-12-8-28-48(52)42-21-5-2-6-22-42)54-34-18-38-58-60(54)50-30-10-14-36-56(50)64-58/h1-40H. The second kappa shape index (κ2) is 15.7. The molecule has 0 spiro atoms. The van der Waals surface area contributed by atoms with Gasteiger partial charge in [-0.3, -0.25) is 0 Å². The third kappa shape index (κ3) is 6.40. The van der Waals surface area contributed by atoms with E-state index in [1.165, 1.54) is 0 Å². The van der Waals surface area contributed by atoms with E-state index >= 15 is 0 Å². The molecule has 302 valence electrons. The molecule has 64 heavy (non-hydrogen) atoms. The molecule has 2 aromatic heterocycles. The fraction of sp³-hybridized carbons (Fsp3) is 0. The lowest BCUT2D eigenvalue weighted by molar-refractivity contribution is 0.668. The fourth-order valence-electron chi connectivity index (χ4n) is 9.41. The zero-order valence-corrected chi connectivity index (χ0v) is 34.8. The van der Waals surface area contributed by atoms with E-state index in [4.69, 9.17) is 8.83 Å². The van der Waals surface area contributed by atoms with E-state index in [0.717, 1.165) is 111 Å². The molecule has 0 aliphatic rings. The van der Waals surface area contributed by atoms with E-state index in [9.17, 15) is 0 Å². The fourth-order valence-corrected chi connectivity index (χ4v) is 9.41. The predicted octanol–water partition coefficient (Wildman–Crippen LogP) is 17.4. The van der Waals surface area contributed by atoms with Crippen molar-refractivity contribution in [3.8, 4) is 33.4 Å². The summed E-state index contributed by atoms with van der Waals surface area (Å²) in [6.07, 6.45) is 0. The van der Waals surface area contributed by atoms with Gasteiger partial charge in [-0.05, 0) is 95.1 Å². The molecule has 0 amide bonds. The van der Waals surface area contributed by atoms with Crippen LogP contribution in [-0.4, -0.2) is 0 Å². The first-order valence-electron chi connectivity index (χ1n) is 21.7. The molecule has 10 aromatic carbocycles. The Hall–Kier alpha value is -8.60. The summed E-state index contributed by atoms with van der Waals surface area (Å²) in [5.74, 6) is 0. The molecule has 0 saturated carbocycles. The van der Waals surface area contributed by atoms with Crippen LogP contribution >= 0.6 is 0 Å². The molecule has 0 bridgehead atoms. The largest absolute Gasteiger partial charge is 0.456 e. The minimum atomic E-state index is 0.848. The minimum absolute atomic E-state index is 0.848. The summed E-state index contributed by atoms with van der Waals surface area (Å²) in [6.45, 7) is 0. The summed E-state index contributed by atoms with van der Waals surface area (Å²) in [4.78, 5) is 4.79. The maximum atomic E-state index is 6.48. The van der Waals surface area contributed by atoms with Crippen LogP contribution in [0, 0.1) is 0 Å². The molecule has 4 heteroatoms. The van der Waals surface area contributed by atoms with Gasteiger partial charge in [-0.2, -0.15) is 0 Å². The molecule has 0 unspecified atom stereocenters. The highest BCUT2D eigenvalue weighted by Crippen LogP contribution is 2.49. The van der Waals surface area contributed by atoms with Crippen LogP contribution in [0.1, 0.15) is 0 Å². The van der Waals surface area contributed by atoms with Gasteiger partial charge in [-0.1, -0.05) is 170 Å². The maximum Gasteiger partial charge on any atom is 0.137 e. The van der Waals surface area contributed by atoms with Gasteiger partial charge in [0, 0.05) is 33.3 Å². The topological polar surface area (TPSA) is 32.8 Å². The highest BCUT2D eigenvalue weighted by Gasteiger charge is 2.24. The van der Waals surface area contributed by atoms with E-state index in [1.807, 2.05) is 24.3 Å². The Labute approximate surface area is 371 Å². The first-order chi connectivity index (χ1) is 31.8. The lowest BCUT2D eigenvalue weighted by atomic mass is 9.98. The van der Waals surface area contributed by atoms with Crippen LogP contribution in [0.25, 0.3) is 77.3 Å². The van der Waals surface area contributed by atoms with E-state index < -0.39 is 0 Å². The van der Waals surface area contributed by atoms with E-state index in [1.54, 1.807) is 0 Å². The van der Waals surface area contributed by atoms with Crippen molar-refractivity contribution in [1.82, 2.24) is 0 Å². The lowest BCUT2D eigenvalue weighted by Gasteiger charge is -2.29. The average Bonchev–Trinajstić information content (AvgIpc) is 3.95. The van der Waals surface area contributed by atoms with Gasteiger partial charge < -0.3 is 18.6 Å². The Morgan fingerprint density at radius 3 is 1.06 bits per heavy atom. The Bertz CT molecular complexity index is 3400. The molecule has 0 radical (unpaired) electrons. The average molecular weight is 821 g/mol. The Morgan fingerprint density at radius 1 is 0.250 bits per heavy atom. The maximum absolute atomic E-state index is 6.48. The van der Waals surface area contributed by atoms with Crippen molar-refractivity contribution in [1.29, 1.82) is 0 Å². The molecule has 0 atom stereocenters. The quantitative estimate of drug-likeness (QED) is 0.145.